The summed E-state index contributed by atoms with van der Waals surface area (Å²) in [4.78, 5) is 43.1. The lowest BCUT2D eigenvalue weighted by Crippen LogP contribution is -2.59. The van der Waals surface area contributed by atoms with Gasteiger partial charge in [0.2, 0.25) is 5.91 Å². The fourth-order valence-electron chi connectivity index (χ4n) is 8.04. The van der Waals surface area contributed by atoms with Gasteiger partial charge >= 0.3 is 6.09 Å². The van der Waals surface area contributed by atoms with E-state index in [4.69, 9.17) is 21.3 Å². The molecular formula is C36H46ClFN6O3. The molecule has 0 unspecified atom stereocenters. The van der Waals surface area contributed by atoms with Gasteiger partial charge < -0.3 is 19.1 Å². The SMILES string of the molecule is CC[C@H](C)n1cnc2cc(-c3ccc4c(c3)N([C@H]3C[C@@H](N5CCC[C@@H](F)C5)C3)C(=O)C43CCN(C(=O)OC(C)(C)C)CC3)nc(Cl)c21. The Labute approximate surface area is 281 Å². The lowest BCUT2D eigenvalue weighted by Gasteiger charge is -2.48. The van der Waals surface area contributed by atoms with E-state index >= 15 is 0 Å². The van der Waals surface area contributed by atoms with E-state index in [1.807, 2.05) is 44.1 Å². The summed E-state index contributed by atoms with van der Waals surface area (Å²) < 4.78 is 22.0. The van der Waals surface area contributed by atoms with Crippen molar-refractivity contribution in [1.29, 1.82) is 0 Å². The number of hydrogen-bond acceptors (Lipinski definition) is 6. The first kappa shape index (κ1) is 32.3. The maximum absolute atomic E-state index is 14.7. The molecular weight excluding hydrogens is 619 g/mol. The fourth-order valence-corrected chi connectivity index (χ4v) is 8.32. The Morgan fingerprint density at radius 1 is 1.15 bits per heavy atom. The number of benzene rings is 1. The van der Waals surface area contributed by atoms with Crippen LogP contribution < -0.4 is 4.90 Å². The topological polar surface area (TPSA) is 83.8 Å². The number of fused-ring (bicyclic) bond motifs is 3. The molecule has 5 heterocycles. The summed E-state index contributed by atoms with van der Waals surface area (Å²) in [6.45, 7) is 12.2. The summed E-state index contributed by atoms with van der Waals surface area (Å²) in [5.74, 6) is 0.104. The van der Waals surface area contributed by atoms with Crippen LogP contribution in [0, 0.1) is 0 Å². The summed E-state index contributed by atoms with van der Waals surface area (Å²) in [7, 11) is 0. The second-order valence-corrected chi connectivity index (χ2v) is 15.4. The van der Waals surface area contributed by atoms with Crippen LogP contribution in [-0.2, 0) is 14.9 Å². The molecule has 1 aromatic carbocycles. The molecule has 3 fully saturated rings. The predicted octanol–water partition coefficient (Wildman–Crippen LogP) is 7.30. The molecule has 47 heavy (non-hydrogen) atoms. The average Bonchev–Trinajstić information content (AvgIpc) is 3.54. The Bertz CT molecular complexity index is 1690. The first-order valence-corrected chi connectivity index (χ1v) is 17.6. The lowest BCUT2D eigenvalue weighted by atomic mass is 9.73. The number of amides is 2. The Morgan fingerprint density at radius 2 is 1.89 bits per heavy atom. The van der Waals surface area contributed by atoms with Crippen LogP contribution in [0.25, 0.3) is 22.3 Å². The van der Waals surface area contributed by atoms with Gasteiger partial charge in [0.15, 0.2) is 5.15 Å². The monoisotopic (exact) mass is 664 g/mol. The summed E-state index contributed by atoms with van der Waals surface area (Å²) >= 11 is 6.80. The van der Waals surface area contributed by atoms with Crippen LogP contribution in [0.5, 0.6) is 0 Å². The van der Waals surface area contributed by atoms with Gasteiger partial charge in [0.1, 0.15) is 17.3 Å². The minimum absolute atomic E-state index is 0.0370. The van der Waals surface area contributed by atoms with Crippen LogP contribution in [0.15, 0.2) is 30.6 Å². The maximum Gasteiger partial charge on any atom is 0.410 e. The highest BCUT2D eigenvalue weighted by atomic mass is 35.5. The molecule has 0 bridgehead atoms. The highest BCUT2D eigenvalue weighted by Gasteiger charge is 2.56. The predicted molar refractivity (Wildman–Crippen MR) is 182 cm³/mol. The normalized spacial score (nSPS) is 25.3. The number of piperidine rings is 2. The van der Waals surface area contributed by atoms with Crippen molar-refractivity contribution in [3.05, 3.63) is 41.3 Å². The van der Waals surface area contributed by atoms with Crippen molar-refractivity contribution in [3.63, 3.8) is 0 Å². The van der Waals surface area contributed by atoms with Gasteiger partial charge in [-0.3, -0.25) is 9.69 Å². The molecule has 3 aromatic rings. The summed E-state index contributed by atoms with van der Waals surface area (Å²) in [5, 5.41) is 0.407. The molecule has 2 amide bonds. The molecule has 1 aliphatic carbocycles. The number of imidazole rings is 1. The van der Waals surface area contributed by atoms with Crippen LogP contribution in [0.1, 0.15) is 91.2 Å². The first-order valence-electron chi connectivity index (χ1n) is 17.3. The smallest absolute Gasteiger partial charge is 0.410 e. The second-order valence-electron chi connectivity index (χ2n) is 15.0. The van der Waals surface area contributed by atoms with Crippen LogP contribution >= 0.6 is 11.6 Å². The third-order valence-electron chi connectivity index (χ3n) is 10.9. The highest BCUT2D eigenvalue weighted by Crippen LogP contribution is 2.52. The quantitative estimate of drug-likeness (QED) is 0.266. The van der Waals surface area contributed by atoms with Crippen LogP contribution in [-0.4, -0.2) is 86.4 Å². The molecule has 1 spiro atoms. The van der Waals surface area contributed by atoms with Crippen LogP contribution in [0.3, 0.4) is 0 Å². The van der Waals surface area contributed by atoms with E-state index in [1.54, 1.807) is 4.90 Å². The Balaban J connectivity index is 1.21. The standard InChI is InChI=1S/C36H46ClFN6O3/c1-6-22(2)43-21-39-29-19-28(40-32(37)31(29)43)23-9-10-27-30(16-23)44(26-17-25(18-26)42-13-7-8-24(38)20-42)33(45)36(27)11-14-41(15-12-36)34(46)47-35(3,4)5/h9-10,16,19,21-22,24-26H,6-8,11-15,17-18,20H2,1-5H3/t22-,24+,25-,26+/m0/s1. The zero-order chi connectivity index (χ0) is 33.2. The molecule has 0 radical (unpaired) electrons. The van der Waals surface area contributed by atoms with Gasteiger partial charge in [-0.2, -0.15) is 0 Å². The third kappa shape index (κ3) is 5.69. The van der Waals surface area contributed by atoms with Crippen molar-refractivity contribution in [2.75, 3.05) is 31.1 Å². The zero-order valence-electron chi connectivity index (χ0n) is 28.1. The number of alkyl halides is 1. The molecule has 2 aromatic heterocycles. The molecule has 4 aliphatic rings. The zero-order valence-corrected chi connectivity index (χ0v) is 28.9. The minimum atomic E-state index is -0.772. The number of hydrogen-bond donors (Lipinski definition) is 0. The molecule has 2 saturated heterocycles. The molecule has 0 N–H and O–H groups in total. The molecule has 11 heteroatoms. The van der Waals surface area contributed by atoms with E-state index in [2.05, 4.69) is 40.4 Å². The fraction of sp³-hybridized carbons (Fsp3) is 0.611. The van der Waals surface area contributed by atoms with Crippen molar-refractivity contribution in [3.8, 4) is 11.3 Å². The largest absolute Gasteiger partial charge is 0.444 e. The van der Waals surface area contributed by atoms with Crippen molar-refractivity contribution in [2.45, 2.75) is 115 Å². The minimum Gasteiger partial charge on any atom is -0.444 e. The number of aromatic nitrogens is 3. The van der Waals surface area contributed by atoms with Crippen molar-refractivity contribution >= 4 is 40.3 Å². The van der Waals surface area contributed by atoms with Crippen LogP contribution in [0.2, 0.25) is 5.15 Å². The number of carbonyl (C=O) groups is 2. The van der Waals surface area contributed by atoms with E-state index < -0.39 is 17.2 Å². The number of nitrogens with zero attached hydrogens (tertiary/aromatic N) is 6. The van der Waals surface area contributed by atoms with Gasteiger partial charge in [0.25, 0.3) is 0 Å². The molecule has 1 saturated carbocycles. The van der Waals surface area contributed by atoms with Gasteiger partial charge in [-0.1, -0.05) is 30.7 Å². The van der Waals surface area contributed by atoms with Gasteiger partial charge in [0.05, 0.1) is 23.0 Å². The average molecular weight is 665 g/mol. The first-order chi connectivity index (χ1) is 22.4. The Morgan fingerprint density at radius 3 is 2.57 bits per heavy atom. The van der Waals surface area contributed by atoms with Crippen molar-refractivity contribution in [2.24, 2.45) is 0 Å². The Hall–Kier alpha value is -3.24. The van der Waals surface area contributed by atoms with E-state index in [9.17, 15) is 14.0 Å². The van der Waals surface area contributed by atoms with Crippen molar-refractivity contribution < 1.29 is 18.7 Å². The van der Waals surface area contributed by atoms with E-state index in [-0.39, 0.29) is 30.1 Å². The maximum atomic E-state index is 14.7. The third-order valence-corrected chi connectivity index (χ3v) is 11.2. The van der Waals surface area contributed by atoms with Gasteiger partial charge in [0, 0.05) is 49.0 Å². The van der Waals surface area contributed by atoms with Gasteiger partial charge in [-0.25, -0.2) is 19.2 Å². The highest BCUT2D eigenvalue weighted by molar-refractivity contribution is 6.34. The van der Waals surface area contributed by atoms with E-state index in [1.165, 1.54) is 0 Å². The summed E-state index contributed by atoms with van der Waals surface area (Å²) in [6.07, 6.45) is 5.89. The van der Waals surface area contributed by atoms with Gasteiger partial charge in [-0.05, 0) is 96.9 Å². The molecule has 7 rings (SSSR count). The lowest BCUT2D eigenvalue weighted by molar-refractivity contribution is -0.126. The molecule has 252 valence electrons. The van der Waals surface area contributed by atoms with Crippen molar-refractivity contribution in [1.82, 2.24) is 24.3 Å². The van der Waals surface area contributed by atoms with Gasteiger partial charge in [-0.15, -0.1) is 0 Å². The number of carbonyl (C=O) groups excluding carboxylic acids is 2. The second kappa shape index (κ2) is 12.0. The Kier molecular flexibility index (Phi) is 8.26. The number of pyridine rings is 1. The summed E-state index contributed by atoms with van der Waals surface area (Å²) in [5.41, 5.74) is 3.82. The number of likely N-dealkylation sites (tertiary alicyclic amines) is 2. The molecule has 3 aliphatic heterocycles. The number of halogens is 2. The van der Waals surface area contributed by atoms with E-state index in [0.29, 0.717) is 49.7 Å². The molecule has 9 nitrogen and oxygen atoms in total. The number of anilines is 1. The molecule has 2 atom stereocenters. The number of rotatable bonds is 5. The summed E-state index contributed by atoms with van der Waals surface area (Å²) in [6, 6.07) is 8.74. The number of ether oxygens (including phenoxy) is 1. The van der Waals surface area contributed by atoms with E-state index in [0.717, 1.165) is 60.1 Å². The van der Waals surface area contributed by atoms with Crippen LogP contribution in [0.4, 0.5) is 14.9 Å².